The van der Waals surface area contributed by atoms with Crippen molar-refractivity contribution in [1.82, 2.24) is 4.31 Å². The maximum atomic E-state index is 13.1. The van der Waals surface area contributed by atoms with E-state index in [2.05, 4.69) is 10.0 Å². The number of nitrogens with one attached hydrogen (secondary N) is 2. The SMILES string of the molecule is O=C(Nc1ccc(S(=O)(=O)Nc2ccccc2)cc1)C1CCCN(S(=O)(=O)Cc2c(Cl)cccc2Cl)C1. The fourth-order valence-electron chi connectivity index (χ4n) is 4.04. The minimum Gasteiger partial charge on any atom is -0.326 e. The summed E-state index contributed by atoms with van der Waals surface area (Å²) in [7, 11) is -7.55. The molecule has 37 heavy (non-hydrogen) atoms. The molecule has 1 aliphatic heterocycles. The van der Waals surface area contributed by atoms with Crippen molar-refractivity contribution in [2.75, 3.05) is 23.1 Å². The predicted molar refractivity (Wildman–Crippen MR) is 146 cm³/mol. The Hall–Kier alpha value is -2.63. The first-order valence-corrected chi connectivity index (χ1v) is 15.3. The number of carbonyl (C=O) groups excluding carboxylic acids is 1. The van der Waals surface area contributed by atoms with Crippen LogP contribution in [0.3, 0.4) is 0 Å². The molecule has 0 aliphatic carbocycles. The maximum Gasteiger partial charge on any atom is 0.261 e. The van der Waals surface area contributed by atoms with Gasteiger partial charge in [-0.05, 0) is 61.4 Å². The molecule has 1 fully saturated rings. The van der Waals surface area contributed by atoms with Crippen molar-refractivity contribution in [1.29, 1.82) is 0 Å². The molecule has 4 rings (SSSR count). The normalized spacial score (nSPS) is 16.8. The zero-order valence-electron chi connectivity index (χ0n) is 19.6. The van der Waals surface area contributed by atoms with E-state index in [1.165, 1.54) is 28.6 Å². The van der Waals surface area contributed by atoms with Crippen LogP contribution in [0, 0.1) is 5.92 Å². The molecule has 1 heterocycles. The molecule has 1 atom stereocenters. The molecule has 1 saturated heterocycles. The molecule has 0 saturated carbocycles. The number of anilines is 2. The van der Waals surface area contributed by atoms with Crippen molar-refractivity contribution >= 4 is 60.5 Å². The van der Waals surface area contributed by atoms with Gasteiger partial charge in [0.25, 0.3) is 10.0 Å². The van der Waals surface area contributed by atoms with Gasteiger partial charge in [0.15, 0.2) is 0 Å². The van der Waals surface area contributed by atoms with Crippen molar-refractivity contribution in [3.8, 4) is 0 Å². The largest absolute Gasteiger partial charge is 0.326 e. The van der Waals surface area contributed by atoms with Crippen LogP contribution < -0.4 is 10.0 Å². The van der Waals surface area contributed by atoms with Gasteiger partial charge in [0.05, 0.1) is 16.6 Å². The van der Waals surface area contributed by atoms with Crippen LogP contribution in [0.2, 0.25) is 10.0 Å². The first-order chi connectivity index (χ1) is 17.5. The second-order valence-electron chi connectivity index (χ2n) is 8.64. The summed E-state index contributed by atoms with van der Waals surface area (Å²) < 4.78 is 55.1. The fourth-order valence-corrected chi connectivity index (χ4v) is 7.46. The van der Waals surface area contributed by atoms with E-state index in [1.807, 2.05) is 0 Å². The summed E-state index contributed by atoms with van der Waals surface area (Å²) in [6.45, 7) is 0.332. The molecule has 2 N–H and O–H groups in total. The molecule has 1 unspecified atom stereocenters. The smallest absolute Gasteiger partial charge is 0.261 e. The number of sulfonamides is 2. The highest BCUT2D eigenvalue weighted by Crippen LogP contribution is 2.29. The molecule has 0 radical (unpaired) electrons. The highest BCUT2D eigenvalue weighted by atomic mass is 35.5. The Labute approximate surface area is 226 Å². The van der Waals surface area contributed by atoms with Crippen molar-refractivity contribution in [2.45, 2.75) is 23.5 Å². The third-order valence-electron chi connectivity index (χ3n) is 5.99. The average molecular weight is 583 g/mol. The molecule has 3 aromatic rings. The Morgan fingerprint density at radius 2 is 1.51 bits per heavy atom. The highest BCUT2D eigenvalue weighted by Gasteiger charge is 2.33. The lowest BCUT2D eigenvalue weighted by Gasteiger charge is -2.31. The predicted octanol–water partition coefficient (Wildman–Crippen LogP) is 4.97. The summed E-state index contributed by atoms with van der Waals surface area (Å²) in [5, 5.41) is 3.30. The van der Waals surface area contributed by atoms with Crippen LogP contribution in [0.25, 0.3) is 0 Å². The Bertz CT molecular complexity index is 1460. The number of nitrogens with zero attached hydrogens (tertiary/aromatic N) is 1. The zero-order valence-corrected chi connectivity index (χ0v) is 22.7. The van der Waals surface area contributed by atoms with E-state index in [9.17, 15) is 21.6 Å². The van der Waals surface area contributed by atoms with Gasteiger partial charge < -0.3 is 5.32 Å². The molecule has 196 valence electrons. The standard InChI is InChI=1S/C25H25Cl2N3O5S2/c26-23-9-4-10-24(27)22(23)17-36(32,33)30-15-5-6-18(16-30)25(31)28-19-11-13-21(14-12-19)37(34,35)29-20-7-2-1-3-8-20/h1-4,7-14,18,29H,5-6,15-17H2,(H,28,31). The molecule has 0 aromatic heterocycles. The first-order valence-electron chi connectivity index (χ1n) is 11.4. The van der Waals surface area contributed by atoms with E-state index >= 15 is 0 Å². The van der Waals surface area contributed by atoms with Gasteiger partial charge in [-0.3, -0.25) is 9.52 Å². The van der Waals surface area contributed by atoms with Crippen LogP contribution in [0.1, 0.15) is 18.4 Å². The van der Waals surface area contributed by atoms with Gasteiger partial charge in [-0.2, -0.15) is 0 Å². The zero-order chi connectivity index (χ0) is 26.6. The molecule has 1 amide bonds. The van der Waals surface area contributed by atoms with Crippen molar-refractivity contribution in [3.05, 3.63) is 88.4 Å². The molecule has 0 bridgehead atoms. The van der Waals surface area contributed by atoms with Crippen LogP contribution in [0.4, 0.5) is 11.4 Å². The Balaban J connectivity index is 1.39. The summed E-state index contributed by atoms with van der Waals surface area (Å²) >= 11 is 12.3. The number of para-hydroxylation sites is 1. The molecule has 1 aliphatic rings. The summed E-state index contributed by atoms with van der Waals surface area (Å²) in [6.07, 6.45) is 1.05. The second kappa shape index (κ2) is 11.4. The van der Waals surface area contributed by atoms with E-state index < -0.39 is 26.0 Å². The minimum atomic E-state index is -3.79. The lowest BCUT2D eigenvalue weighted by Crippen LogP contribution is -2.44. The molecule has 3 aromatic carbocycles. The molecule has 12 heteroatoms. The number of piperidine rings is 1. The molecule has 8 nitrogen and oxygen atoms in total. The van der Waals surface area contributed by atoms with E-state index in [-0.39, 0.29) is 33.1 Å². The van der Waals surface area contributed by atoms with Crippen molar-refractivity contribution in [2.24, 2.45) is 5.92 Å². The minimum absolute atomic E-state index is 0.0314. The van der Waals surface area contributed by atoms with Crippen LogP contribution >= 0.6 is 23.2 Å². The lowest BCUT2D eigenvalue weighted by atomic mass is 9.99. The summed E-state index contributed by atoms with van der Waals surface area (Å²) in [4.78, 5) is 13.0. The number of hydrogen-bond acceptors (Lipinski definition) is 5. The lowest BCUT2D eigenvalue weighted by molar-refractivity contribution is -0.120. The van der Waals surface area contributed by atoms with E-state index in [1.54, 1.807) is 48.5 Å². The second-order valence-corrected chi connectivity index (χ2v) is 13.1. The van der Waals surface area contributed by atoms with Gasteiger partial charge >= 0.3 is 0 Å². The van der Waals surface area contributed by atoms with Crippen molar-refractivity contribution < 1.29 is 21.6 Å². The van der Waals surface area contributed by atoms with Crippen LogP contribution in [0.15, 0.2) is 77.7 Å². The van der Waals surface area contributed by atoms with Crippen molar-refractivity contribution in [3.63, 3.8) is 0 Å². The van der Waals surface area contributed by atoms with Gasteiger partial charge in [-0.25, -0.2) is 21.1 Å². The number of carbonyl (C=O) groups is 1. The van der Waals surface area contributed by atoms with Gasteiger partial charge in [0.2, 0.25) is 15.9 Å². The van der Waals surface area contributed by atoms with Gasteiger partial charge in [0, 0.05) is 40.1 Å². The third-order valence-corrected chi connectivity index (χ3v) is 9.87. The highest BCUT2D eigenvalue weighted by molar-refractivity contribution is 7.92. The summed E-state index contributed by atoms with van der Waals surface area (Å²) in [6, 6.07) is 19.1. The maximum absolute atomic E-state index is 13.1. The Kier molecular flexibility index (Phi) is 8.45. The van der Waals surface area contributed by atoms with Crippen LogP contribution in [-0.2, 0) is 30.6 Å². The Morgan fingerprint density at radius 1 is 0.865 bits per heavy atom. The number of benzene rings is 3. The topological polar surface area (TPSA) is 113 Å². The summed E-state index contributed by atoms with van der Waals surface area (Å²) in [5.74, 6) is -1.26. The monoisotopic (exact) mass is 581 g/mol. The fraction of sp³-hybridized carbons (Fsp3) is 0.240. The first kappa shape index (κ1) is 27.4. The average Bonchev–Trinajstić information content (AvgIpc) is 2.87. The number of halogens is 2. The van der Waals surface area contributed by atoms with E-state index in [4.69, 9.17) is 23.2 Å². The Morgan fingerprint density at radius 3 is 2.16 bits per heavy atom. The van der Waals surface area contributed by atoms with E-state index in [0.29, 0.717) is 36.3 Å². The summed E-state index contributed by atoms with van der Waals surface area (Å²) in [5.41, 5.74) is 1.18. The number of amides is 1. The van der Waals surface area contributed by atoms with Crippen LogP contribution in [-0.4, -0.2) is 40.1 Å². The number of rotatable bonds is 8. The van der Waals surface area contributed by atoms with Gasteiger partial charge in [0.1, 0.15) is 0 Å². The molecule has 0 spiro atoms. The van der Waals surface area contributed by atoms with Gasteiger partial charge in [-0.15, -0.1) is 0 Å². The third kappa shape index (κ3) is 6.82. The molecular weight excluding hydrogens is 557 g/mol. The quantitative estimate of drug-likeness (QED) is 0.389. The van der Waals surface area contributed by atoms with Crippen LogP contribution in [0.5, 0.6) is 0 Å². The van der Waals surface area contributed by atoms with E-state index in [0.717, 1.165) is 0 Å². The molecular formula is C25H25Cl2N3O5S2. The van der Waals surface area contributed by atoms with Gasteiger partial charge in [-0.1, -0.05) is 47.5 Å². The number of hydrogen-bond donors (Lipinski definition) is 2.